The maximum Gasteiger partial charge on any atom is 1.00 e. The zero-order valence-electron chi connectivity index (χ0n) is 28.0. The van der Waals surface area contributed by atoms with Crippen LogP contribution in [0.3, 0.4) is 0 Å². The molecule has 0 spiro atoms. The first kappa shape index (κ1) is 37.3. The minimum absolute atomic E-state index is 0. The molecule has 0 radical (unpaired) electrons. The fourth-order valence-corrected chi connectivity index (χ4v) is 11.0. The minimum atomic E-state index is -1.26. The first-order valence-electron chi connectivity index (χ1n) is 15.7. The molecular formula is C34H48Na2O7. The Morgan fingerprint density at radius 1 is 0.860 bits per heavy atom. The van der Waals surface area contributed by atoms with Gasteiger partial charge in [-0.25, -0.2) is 0 Å². The second-order valence-electron chi connectivity index (χ2n) is 16.3. The summed E-state index contributed by atoms with van der Waals surface area (Å²) in [6, 6.07) is 0. The fourth-order valence-electron chi connectivity index (χ4n) is 11.0. The molecule has 0 aromatic rings. The number of rotatable bonds is 5. The molecule has 0 aliphatic heterocycles. The Bertz CT molecular complexity index is 1210. The number of fused-ring (bicyclic) bond motifs is 7. The van der Waals surface area contributed by atoms with Crippen LogP contribution in [0.4, 0.5) is 0 Å². The van der Waals surface area contributed by atoms with Gasteiger partial charge in [0.25, 0.3) is 0 Å². The van der Waals surface area contributed by atoms with Crippen molar-refractivity contribution in [2.45, 2.75) is 125 Å². The molecule has 0 aromatic carbocycles. The summed E-state index contributed by atoms with van der Waals surface area (Å²) in [6.07, 6.45) is 8.26. The van der Waals surface area contributed by atoms with Crippen LogP contribution < -0.4 is 69.3 Å². The summed E-state index contributed by atoms with van der Waals surface area (Å²) in [5, 5.41) is 23.1. The number of ketones is 1. The molecule has 5 aliphatic carbocycles. The third-order valence-corrected chi connectivity index (χ3v) is 13.8. The molecule has 0 heterocycles. The number of carbonyl (C=O) groups excluding carboxylic acids is 4. The molecule has 9 atom stereocenters. The number of esters is 1. The molecule has 4 saturated carbocycles. The summed E-state index contributed by atoms with van der Waals surface area (Å²) >= 11 is 0. The predicted octanol–water partition coefficient (Wildman–Crippen LogP) is -1.83. The topological polar surface area (TPSA) is 124 Å². The van der Waals surface area contributed by atoms with E-state index < -0.39 is 23.3 Å². The van der Waals surface area contributed by atoms with Crippen molar-refractivity contribution >= 4 is 23.7 Å². The van der Waals surface area contributed by atoms with E-state index in [2.05, 4.69) is 41.5 Å². The fraction of sp³-hybridized carbons (Fsp3) is 0.824. The first-order chi connectivity index (χ1) is 18.8. The van der Waals surface area contributed by atoms with E-state index in [1.54, 1.807) is 0 Å². The van der Waals surface area contributed by atoms with Crippen LogP contribution in [0.5, 0.6) is 0 Å². The van der Waals surface area contributed by atoms with Crippen LogP contribution in [0.15, 0.2) is 11.6 Å². The third-order valence-electron chi connectivity index (χ3n) is 13.8. The average Bonchev–Trinajstić information content (AvgIpc) is 2.86. The zero-order chi connectivity index (χ0) is 30.4. The van der Waals surface area contributed by atoms with Crippen molar-refractivity contribution in [2.75, 3.05) is 0 Å². The van der Waals surface area contributed by atoms with Crippen LogP contribution in [0, 0.1) is 50.2 Å². The standard InChI is InChI=1S/C34H50O7.2Na/c1-29(2)23-10-13-34(7)27(32(23,5)12-11-24(29)41-26(38)9-8-25(36)37)22(35)18-20-21-19-31(4,28(39)40)15-14-30(21,3)16-17-33(20,34)6;;/h18,21,23-24,27H,8-17,19H2,1-7H3,(H,36,37)(H,39,40);;/q;2*+1/p-2/t21-,23?,24?,27?,30+,31-,32+,33?,34-;;/m0../s1. The monoisotopic (exact) mass is 614 g/mol. The molecule has 0 amide bonds. The van der Waals surface area contributed by atoms with E-state index in [0.29, 0.717) is 19.3 Å². The SMILES string of the molecule is CC1(C)C(OC(=O)CCC(=O)[O-])CC[C@]2(C)C1CC[C@@]1(C)C2C(=O)C=C2[C@@H]3C[C@@](C)(C(=O)[O-])CC[C@]3(C)CCC21C.[Na+].[Na+]. The van der Waals surface area contributed by atoms with Crippen LogP contribution in [-0.4, -0.2) is 29.8 Å². The molecule has 5 rings (SSSR count). The van der Waals surface area contributed by atoms with Crippen molar-refractivity contribution in [2.24, 2.45) is 50.2 Å². The average molecular weight is 615 g/mol. The largest absolute Gasteiger partial charge is 1.00 e. The van der Waals surface area contributed by atoms with Gasteiger partial charge in [-0.3, -0.25) is 9.59 Å². The smallest absolute Gasteiger partial charge is 0.550 e. The molecule has 43 heavy (non-hydrogen) atoms. The van der Waals surface area contributed by atoms with E-state index in [1.807, 2.05) is 13.0 Å². The van der Waals surface area contributed by atoms with Gasteiger partial charge >= 0.3 is 65.1 Å². The summed E-state index contributed by atoms with van der Waals surface area (Å²) < 4.78 is 5.87. The summed E-state index contributed by atoms with van der Waals surface area (Å²) in [5.41, 5.74) is -0.823. The van der Waals surface area contributed by atoms with Crippen LogP contribution in [-0.2, 0) is 23.9 Å². The van der Waals surface area contributed by atoms with Crippen molar-refractivity contribution in [1.29, 1.82) is 0 Å². The van der Waals surface area contributed by atoms with Crippen molar-refractivity contribution in [3.63, 3.8) is 0 Å². The third kappa shape index (κ3) is 5.60. The number of aliphatic carboxylic acids is 2. The molecule has 0 N–H and O–H groups in total. The number of ether oxygens (including phenoxy) is 1. The normalized spacial score (nSPS) is 44.4. The Morgan fingerprint density at radius 2 is 1.49 bits per heavy atom. The van der Waals surface area contributed by atoms with E-state index in [-0.39, 0.29) is 129 Å². The van der Waals surface area contributed by atoms with Gasteiger partial charge in [0.2, 0.25) is 0 Å². The van der Waals surface area contributed by atoms with Gasteiger partial charge in [-0.15, -0.1) is 0 Å². The minimum Gasteiger partial charge on any atom is -0.550 e. The Labute approximate surface area is 301 Å². The van der Waals surface area contributed by atoms with Crippen molar-refractivity contribution in [3.8, 4) is 0 Å². The molecule has 9 heteroatoms. The molecule has 0 bridgehead atoms. The van der Waals surface area contributed by atoms with Gasteiger partial charge in [-0.2, -0.15) is 0 Å². The van der Waals surface area contributed by atoms with Gasteiger partial charge in [0.05, 0.1) is 6.42 Å². The second kappa shape index (κ2) is 12.1. The van der Waals surface area contributed by atoms with Crippen molar-refractivity contribution in [3.05, 3.63) is 11.6 Å². The predicted molar refractivity (Wildman–Crippen MR) is 149 cm³/mol. The molecule has 5 aliphatic rings. The molecule has 0 aromatic heterocycles. The van der Waals surface area contributed by atoms with Crippen molar-refractivity contribution in [1.82, 2.24) is 0 Å². The van der Waals surface area contributed by atoms with Gasteiger partial charge < -0.3 is 24.5 Å². The number of carboxylic acids is 2. The zero-order valence-corrected chi connectivity index (χ0v) is 32.0. The van der Waals surface area contributed by atoms with Crippen molar-refractivity contribution < 1.29 is 93.2 Å². The summed E-state index contributed by atoms with van der Waals surface area (Å²) in [5.74, 6) is -2.53. The second-order valence-corrected chi connectivity index (χ2v) is 16.3. The molecular weight excluding hydrogens is 566 g/mol. The number of hydrogen-bond acceptors (Lipinski definition) is 7. The Balaban J connectivity index is 0.00000253. The van der Waals surface area contributed by atoms with Gasteiger partial charge in [0, 0.05) is 28.7 Å². The molecule has 0 saturated heterocycles. The van der Waals surface area contributed by atoms with Gasteiger partial charge in [-0.05, 0) is 104 Å². The quantitative estimate of drug-likeness (QED) is 0.264. The summed E-state index contributed by atoms with van der Waals surface area (Å²) in [7, 11) is 0. The maximum atomic E-state index is 14.4. The Morgan fingerprint density at radius 3 is 2.09 bits per heavy atom. The van der Waals surface area contributed by atoms with Crippen LogP contribution in [0.2, 0.25) is 0 Å². The number of carboxylic acid groups (broad SMARTS) is 2. The van der Waals surface area contributed by atoms with E-state index in [9.17, 15) is 29.4 Å². The molecule has 228 valence electrons. The number of carbonyl (C=O) groups is 4. The van der Waals surface area contributed by atoms with Gasteiger partial charge in [-0.1, -0.05) is 54.0 Å². The van der Waals surface area contributed by atoms with E-state index in [4.69, 9.17) is 4.74 Å². The summed E-state index contributed by atoms with van der Waals surface area (Å²) in [6.45, 7) is 15.3. The Hall–Kier alpha value is -0.180. The number of allylic oxidation sites excluding steroid dienone is 2. The Kier molecular flexibility index (Phi) is 10.5. The molecule has 7 nitrogen and oxygen atoms in total. The first-order valence-corrected chi connectivity index (χ1v) is 15.7. The van der Waals surface area contributed by atoms with Crippen LogP contribution in [0.25, 0.3) is 0 Å². The van der Waals surface area contributed by atoms with E-state index in [0.717, 1.165) is 38.5 Å². The van der Waals surface area contributed by atoms with Crippen LogP contribution in [0.1, 0.15) is 119 Å². The summed E-state index contributed by atoms with van der Waals surface area (Å²) in [4.78, 5) is 50.0. The maximum absolute atomic E-state index is 14.4. The molecule has 4 unspecified atom stereocenters. The van der Waals surface area contributed by atoms with E-state index >= 15 is 0 Å². The van der Waals surface area contributed by atoms with Gasteiger partial charge in [0.1, 0.15) is 6.10 Å². The molecule has 4 fully saturated rings. The number of hydrogen-bond donors (Lipinski definition) is 0. The van der Waals surface area contributed by atoms with E-state index in [1.165, 1.54) is 5.57 Å². The van der Waals surface area contributed by atoms with Gasteiger partial charge in [0.15, 0.2) is 5.78 Å². The van der Waals surface area contributed by atoms with Crippen LogP contribution >= 0.6 is 0 Å².